The third-order valence-electron chi connectivity index (χ3n) is 4.94. The highest BCUT2D eigenvalue weighted by Gasteiger charge is 2.07. The molecule has 154 valence electrons. The van der Waals surface area contributed by atoms with Crippen molar-refractivity contribution < 1.29 is 4.79 Å². The maximum atomic E-state index is 12.1. The second-order valence-corrected chi connectivity index (χ2v) is 8.38. The maximum absolute atomic E-state index is 12.1. The van der Waals surface area contributed by atoms with Crippen LogP contribution in [0.5, 0.6) is 0 Å². The van der Waals surface area contributed by atoms with Gasteiger partial charge in [-0.25, -0.2) is 0 Å². The molecule has 1 N–H and O–H groups in total. The van der Waals surface area contributed by atoms with Crippen molar-refractivity contribution in [1.82, 2.24) is 5.32 Å². The molecule has 1 rings (SSSR count). The van der Waals surface area contributed by atoms with Gasteiger partial charge in [0, 0.05) is 22.2 Å². The van der Waals surface area contributed by atoms with Crippen molar-refractivity contribution in [1.29, 1.82) is 0 Å². The number of benzene rings is 1. The second-order valence-electron chi connectivity index (χ2n) is 7.51. The molecule has 2 nitrogen and oxygen atoms in total. The number of unbranched alkanes of at least 4 members (excludes halogenated alkanes) is 13. The second kappa shape index (κ2) is 16.2. The minimum atomic E-state index is -0.103. The van der Waals surface area contributed by atoms with E-state index in [9.17, 15) is 4.79 Å². The quantitative estimate of drug-likeness (QED) is 0.271. The van der Waals surface area contributed by atoms with E-state index in [1.165, 1.54) is 83.5 Å². The molecule has 0 bridgehead atoms. The average Bonchev–Trinajstić information content (AvgIpc) is 2.64. The molecule has 0 atom stereocenters. The molecular formula is C23H37Cl2NO. The van der Waals surface area contributed by atoms with E-state index in [0.29, 0.717) is 22.2 Å². The first-order valence-corrected chi connectivity index (χ1v) is 11.6. The lowest BCUT2D eigenvalue weighted by Crippen LogP contribution is -2.24. The number of hydrogen-bond acceptors (Lipinski definition) is 1. The Balaban J connectivity index is 1.88. The molecule has 4 heteroatoms. The van der Waals surface area contributed by atoms with E-state index in [1.54, 1.807) is 18.2 Å². The van der Waals surface area contributed by atoms with Crippen LogP contribution in [0.15, 0.2) is 18.2 Å². The van der Waals surface area contributed by atoms with Crippen LogP contribution >= 0.6 is 23.2 Å². The zero-order valence-electron chi connectivity index (χ0n) is 17.0. The highest BCUT2D eigenvalue weighted by Crippen LogP contribution is 2.19. The first-order valence-electron chi connectivity index (χ1n) is 10.9. The standard InChI is InChI=1S/C23H37Cl2NO/c1-2-3-4-5-6-7-8-9-10-11-12-13-14-15-16-26-23(27)20-17-21(24)19-22(25)18-20/h17-19H,2-16H2,1H3,(H,26,27). The molecule has 1 aromatic carbocycles. The summed E-state index contributed by atoms with van der Waals surface area (Å²) in [6.07, 6.45) is 18.7. The lowest BCUT2D eigenvalue weighted by atomic mass is 10.0. The van der Waals surface area contributed by atoms with Crippen LogP contribution in [0.25, 0.3) is 0 Å². The van der Waals surface area contributed by atoms with Gasteiger partial charge in [-0.1, -0.05) is 114 Å². The Morgan fingerprint density at radius 3 is 1.56 bits per heavy atom. The van der Waals surface area contributed by atoms with Crippen LogP contribution in [-0.2, 0) is 0 Å². The Morgan fingerprint density at radius 1 is 0.704 bits per heavy atom. The van der Waals surface area contributed by atoms with Gasteiger partial charge in [0.25, 0.3) is 5.91 Å². The summed E-state index contributed by atoms with van der Waals surface area (Å²) in [5.74, 6) is -0.103. The van der Waals surface area contributed by atoms with Gasteiger partial charge < -0.3 is 5.32 Å². The lowest BCUT2D eigenvalue weighted by Gasteiger charge is -2.06. The van der Waals surface area contributed by atoms with Crippen LogP contribution < -0.4 is 5.32 Å². The van der Waals surface area contributed by atoms with Gasteiger partial charge in [0.2, 0.25) is 0 Å². The number of halogens is 2. The normalized spacial score (nSPS) is 10.9. The van der Waals surface area contributed by atoms with Crippen LogP contribution in [0.1, 0.15) is 107 Å². The van der Waals surface area contributed by atoms with Gasteiger partial charge in [0.05, 0.1) is 0 Å². The first kappa shape index (κ1) is 24.3. The molecule has 0 aliphatic heterocycles. The molecule has 27 heavy (non-hydrogen) atoms. The third-order valence-corrected chi connectivity index (χ3v) is 5.38. The number of nitrogens with one attached hydrogen (secondary N) is 1. The highest BCUT2D eigenvalue weighted by molar-refractivity contribution is 6.35. The molecule has 0 unspecified atom stereocenters. The molecule has 1 aromatic rings. The molecule has 0 fully saturated rings. The fourth-order valence-corrected chi connectivity index (χ4v) is 3.83. The van der Waals surface area contributed by atoms with Crippen molar-refractivity contribution in [3.63, 3.8) is 0 Å². The van der Waals surface area contributed by atoms with E-state index < -0.39 is 0 Å². The van der Waals surface area contributed by atoms with Gasteiger partial charge >= 0.3 is 0 Å². The van der Waals surface area contributed by atoms with E-state index >= 15 is 0 Å². The molecule has 0 spiro atoms. The van der Waals surface area contributed by atoms with Gasteiger partial charge in [-0.2, -0.15) is 0 Å². The van der Waals surface area contributed by atoms with Gasteiger partial charge in [-0.3, -0.25) is 4.79 Å². The number of carbonyl (C=O) groups is 1. The van der Waals surface area contributed by atoms with Gasteiger partial charge in [-0.05, 0) is 24.6 Å². The summed E-state index contributed by atoms with van der Waals surface area (Å²) in [7, 11) is 0. The van der Waals surface area contributed by atoms with Crippen molar-refractivity contribution >= 4 is 29.1 Å². The third kappa shape index (κ3) is 13.1. The van der Waals surface area contributed by atoms with Gasteiger partial charge in [-0.15, -0.1) is 0 Å². The predicted octanol–water partition coefficient (Wildman–Crippen LogP) is 8.20. The Hall–Kier alpha value is -0.730. The molecule has 0 saturated heterocycles. The first-order chi connectivity index (χ1) is 13.1. The molecule has 0 aliphatic carbocycles. The van der Waals surface area contributed by atoms with Crippen LogP contribution in [0.4, 0.5) is 0 Å². The molecular weight excluding hydrogens is 377 g/mol. The van der Waals surface area contributed by atoms with E-state index in [2.05, 4.69) is 12.2 Å². The zero-order chi connectivity index (χ0) is 19.7. The number of carbonyl (C=O) groups excluding carboxylic acids is 1. The summed E-state index contributed by atoms with van der Waals surface area (Å²) in [4.78, 5) is 12.1. The van der Waals surface area contributed by atoms with Crippen LogP contribution in [0.3, 0.4) is 0 Å². The van der Waals surface area contributed by atoms with Crippen molar-refractivity contribution in [3.05, 3.63) is 33.8 Å². The molecule has 0 radical (unpaired) electrons. The largest absolute Gasteiger partial charge is 0.352 e. The monoisotopic (exact) mass is 413 g/mol. The maximum Gasteiger partial charge on any atom is 0.251 e. The predicted molar refractivity (Wildman–Crippen MR) is 119 cm³/mol. The molecule has 0 heterocycles. The zero-order valence-corrected chi connectivity index (χ0v) is 18.5. The van der Waals surface area contributed by atoms with Gasteiger partial charge in [0.1, 0.15) is 0 Å². The fraction of sp³-hybridized carbons (Fsp3) is 0.696. The summed E-state index contributed by atoms with van der Waals surface area (Å²) in [5.41, 5.74) is 0.526. The summed E-state index contributed by atoms with van der Waals surface area (Å²) < 4.78 is 0. The molecule has 0 aliphatic rings. The summed E-state index contributed by atoms with van der Waals surface area (Å²) in [5, 5.41) is 3.92. The van der Waals surface area contributed by atoms with E-state index in [4.69, 9.17) is 23.2 Å². The number of amides is 1. The van der Waals surface area contributed by atoms with Crippen LogP contribution in [0, 0.1) is 0 Å². The van der Waals surface area contributed by atoms with E-state index in [1.807, 2.05) is 0 Å². The minimum absolute atomic E-state index is 0.103. The number of hydrogen-bond donors (Lipinski definition) is 1. The Morgan fingerprint density at radius 2 is 1.11 bits per heavy atom. The van der Waals surface area contributed by atoms with Gasteiger partial charge in [0.15, 0.2) is 0 Å². The molecule has 1 amide bonds. The summed E-state index contributed by atoms with van der Waals surface area (Å²) in [6, 6.07) is 4.93. The Bertz CT molecular complexity index is 499. The van der Waals surface area contributed by atoms with Crippen molar-refractivity contribution in [2.75, 3.05) is 6.54 Å². The van der Waals surface area contributed by atoms with E-state index in [-0.39, 0.29) is 5.91 Å². The van der Waals surface area contributed by atoms with Crippen LogP contribution in [0.2, 0.25) is 10.0 Å². The molecule has 0 saturated carbocycles. The summed E-state index contributed by atoms with van der Waals surface area (Å²) in [6.45, 7) is 2.98. The van der Waals surface area contributed by atoms with E-state index in [0.717, 1.165) is 6.42 Å². The molecule has 0 aromatic heterocycles. The van der Waals surface area contributed by atoms with Crippen molar-refractivity contribution in [2.24, 2.45) is 0 Å². The average molecular weight is 414 g/mol. The fourth-order valence-electron chi connectivity index (χ4n) is 3.31. The Kier molecular flexibility index (Phi) is 14.6. The van der Waals surface area contributed by atoms with Crippen molar-refractivity contribution in [3.8, 4) is 0 Å². The van der Waals surface area contributed by atoms with Crippen molar-refractivity contribution in [2.45, 2.75) is 96.8 Å². The minimum Gasteiger partial charge on any atom is -0.352 e. The number of rotatable bonds is 16. The SMILES string of the molecule is CCCCCCCCCCCCCCCCNC(=O)c1cc(Cl)cc(Cl)c1. The van der Waals surface area contributed by atoms with Crippen LogP contribution in [-0.4, -0.2) is 12.5 Å². The lowest BCUT2D eigenvalue weighted by molar-refractivity contribution is 0.0953. The topological polar surface area (TPSA) is 29.1 Å². The smallest absolute Gasteiger partial charge is 0.251 e. The highest BCUT2D eigenvalue weighted by atomic mass is 35.5. The summed E-state index contributed by atoms with van der Waals surface area (Å²) >= 11 is 11.9. The Labute approximate surface area is 176 Å².